The second-order valence-corrected chi connectivity index (χ2v) is 3.98. The minimum atomic E-state index is 0.906. The molecule has 72 valence electrons. The predicted octanol–water partition coefficient (Wildman–Crippen LogP) is 3.01. The second kappa shape index (κ2) is 4.35. The zero-order valence-corrected chi connectivity index (χ0v) is 8.05. The average molecular weight is 178 g/mol. The lowest BCUT2D eigenvalue weighted by atomic mass is 9.89. The molecule has 1 fully saturated rings. The van der Waals surface area contributed by atoms with Crippen molar-refractivity contribution in [2.45, 2.75) is 32.1 Å². The Morgan fingerprint density at radius 1 is 1.31 bits per heavy atom. The lowest BCUT2D eigenvalue weighted by Gasteiger charge is -2.21. The molecule has 0 amide bonds. The van der Waals surface area contributed by atoms with E-state index in [1.54, 1.807) is 0 Å². The molecule has 2 rings (SSSR count). The molecule has 13 heavy (non-hydrogen) atoms. The maximum Gasteiger partial charge on any atom is 0.0517 e. The first kappa shape index (κ1) is 8.67. The van der Waals surface area contributed by atoms with Crippen LogP contribution in [0.15, 0.2) is 18.5 Å². The lowest BCUT2D eigenvalue weighted by molar-refractivity contribution is 0.373. The summed E-state index contributed by atoms with van der Waals surface area (Å²) in [6.45, 7) is 1.15. The Morgan fingerprint density at radius 2 is 2.15 bits per heavy atom. The van der Waals surface area contributed by atoms with Crippen molar-refractivity contribution in [1.29, 1.82) is 0 Å². The first-order chi connectivity index (χ1) is 6.45. The summed E-state index contributed by atoms with van der Waals surface area (Å²) in [6.07, 6.45) is 11.1. The summed E-state index contributed by atoms with van der Waals surface area (Å²) >= 11 is 0. The molecule has 0 radical (unpaired) electrons. The van der Waals surface area contributed by atoms with Crippen LogP contribution in [0.25, 0.3) is 0 Å². The van der Waals surface area contributed by atoms with E-state index in [4.69, 9.17) is 0 Å². The number of hydrogen-bond donors (Lipinski definition) is 2. The van der Waals surface area contributed by atoms with Crippen LogP contribution in [0.1, 0.15) is 32.1 Å². The first-order valence-electron chi connectivity index (χ1n) is 5.32. The van der Waals surface area contributed by atoms with Crippen LogP contribution in [0.5, 0.6) is 0 Å². The fraction of sp³-hybridized carbons (Fsp3) is 0.636. The fourth-order valence-corrected chi connectivity index (χ4v) is 2.09. The molecule has 0 aromatic carbocycles. The van der Waals surface area contributed by atoms with Gasteiger partial charge >= 0.3 is 0 Å². The molecule has 2 nitrogen and oxygen atoms in total. The molecule has 1 aliphatic rings. The van der Waals surface area contributed by atoms with Crippen LogP contribution >= 0.6 is 0 Å². The topological polar surface area (TPSA) is 27.8 Å². The van der Waals surface area contributed by atoms with E-state index < -0.39 is 0 Å². The number of hydrogen-bond acceptors (Lipinski definition) is 1. The van der Waals surface area contributed by atoms with Crippen molar-refractivity contribution in [2.24, 2.45) is 5.92 Å². The van der Waals surface area contributed by atoms with Crippen LogP contribution in [-0.4, -0.2) is 11.5 Å². The second-order valence-electron chi connectivity index (χ2n) is 3.98. The van der Waals surface area contributed by atoms with Crippen LogP contribution in [0.2, 0.25) is 0 Å². The van der Waals surface area contributed by atoms with Gasteiger partial charge in [-0.3, -0.25) is 0 Å². The van der Waals surface area contributed by atoms with Gasteiger partial charge in [-0.2, -0.15) is 0 Å². The summed E-state index contributed by atoms with van der Waals surface area (Å²) in [5, 5.41) is 3.46. The molecular weight excluding hydrogens is 160 g/mol. The van der Waals surface area contributed by atoms with Gasteiger partial charge in [-0.05, 0) is 24.8 Å². The van der Waals surface area contributed by atoms with Crippen LogP contribution in [0, 0.1) is 5.92 Å². The Kier molecular flexibility index (Phi) is 2.90. The highest BCUT2D eigenvalue weighted by atomic mass is 14.9. The number of aromatic amines is 1. The van der Waals surface area contributed by atoms with Gasteiger partial charge in [0.2, 0.25) is 0 Å². The zero-order valence-electron chi connectivity index (χ0n) is 8.05. The van der Waals surface area contributed by atoms with Crippen molar-refractivity contribution in [2.75, 3.05) is 11.9 Å². The van der Waals surface area contributed by atoms with Crippen LogP contribution in [0.3, 0.4) is 0 Å². The highest BCUT2D eigenvalue weighted by Crippen LogP contribution is 2.23. The van der Waals surface area contributed by atoms with E-state index in [1.807, 2.05) is 12.4 Å². The summed E-state index contributed by atoms with van der Waals surface area (Å²) < 4.78 is 0. The molecule has 1 aromatic rings. The monoisotopic (exact) mass is 178 g/mol. The average Bonchev–Trinajstić information content (AvgIpc) is 2.69. The van der Waals surface area contributed by atoms with Crippen molar-refractivity contribution in [3.63, 3.8) is 0 Å². The van der Waals surface area contributed by atoms with Crippen molar-refractivity contribution >= 4 is 5.69 Å². The molecule has 0 saturated heterocycles. The standard InChI is InChI=1S/C11H18N2/c1-2-4-10(5-3-1)8-13-11-6-7-12-9-11/h6-7,9-10,12-13H,1-5,8H2. The van der Waals surface area contributed by atoms with Gasteiger partial charge in [-0.25, -0.2) is 0 Å². The highest BCUT2D eigenvalue weighted by molar-refractivity contribution is 5.40. The normalized spacial score (nSPS) is 18.8. The largest absolute Gasteiger partial charge is 0.384 e. The van der Waals surface area contributed by atoms with E-state index in [2.05, 4.69) is 16.4 Å². The Morgan fingerprint density at radius 3 is 2.85 bits per heavy atom. The van der Waals surface area contributed by atoms with Crippen molar-refractivity contribution in [1.82, 2.24) is 4.98 Å². The maximum absolute atomic E-state index is 3.46. The number of anilines is 1. The number of rotatable bonds is 3. The van der Waals surface area contributed by atoms with Crippen LogP contribution in [0.4, 0.5) is 5.69 Å². The van der Waals surface area contributed by atoms with Crippen LogP contribution < -0.4 is 5.32 Å². The minimum Gasteiger partial charge on any atom is -0.384 e. The lowest BCUT2D eigenvalue weighted by Crippen LogP contribution is -2.16. The van der Waals surface area contributed by atoms with Gasteiger partial charge in [-0.1, -0.05) is 19.3 Å². The zero-order chi connectivity index (χ0) is 8.93. The Balaban J connectivity index is 1.72. The van der Waals surface area contributed by atoms with Gasteiger partial charge < -0.3 is 10.3 Å². The van der Waals surface area contributed by atoms with E-state index in [9.17, 15) is 0 Å². The third-order valence-corrected chi connectivity index (χ3v) is 2.92. The van der Waals surface area contributed by atoms with E-state index >= 15 is 0 Å². The smallest absolute Gasteiger partial charge is 0.0517 e. The van der Waals surface area contributed by atoms with Crippen molar-refractivity contribution in [3.05, 3.63) is 18.5 Å². The van der Waals surface area contributed by atoms with E-state index in [0.717, 1.165) is 12.5 Å². The number of nitrogens with one attached hydrogen (secondary N) is 2. The molecule has 0 atom stereocenters. The van der Waals surface area contributed by atoms with E-state index in [0.29, 0.717) is 0 Å². The van der Waals surface area contributed by atoms with E-state index in [1.165, 1.54) is 37.8 Å². The summed E-state index contributed by atoms with van der Waals surface area (Å²) in [7, 11) is 0. The quantitative estimate of drug-likeness (QED) is 0.731. The molecule has 2 N–H and O–H groups in total. The molecule has 0 bridgehead atoms. The maximum atomic E-state index is 3.46. The summed E-state index contributed by atoms with van der Waals surface area (Å²) in [4.78, 5) is 3.05. The molecule has 1 aliphatic carbocycles. The summed E-state index contributed by atoms with van der Waals surface area (Å²) in [6, 6.07) is 2.09. The van der Waals surface area contributed by atoms with Gasteiger partial charge in [-0.15, -0.1) is 0 Å². The molecule has 1 aromatic heterocycles. The highest BCUT2D eigenvalue weighted by Gasteiger charge is 2.12. The van der Waals surface area contributed by atoms with Gasteiger partial charge in [0.05, 0.1) is 5.69 Å². The van der Waals surface area contributed by atoms with Gasteiger partial charge in [0.15, 0.2) is 0 Å². The van der Waals surface area contributed by atoms with Gasteiger partial charge in [0, 0.05) is 18.9 Å². The van der Waals surface area contributed by atoms with Crippen molar-refractivity contribution < 1.29 is 0 Å². The summed E-state index contributed by atoms with van der Waals surface area (Å²) in [5.74, 6) is 0.906. The molecule has 2 heteroatoms. The fourth-order valence-electron chi connectivity index (χ4n) is 2.09. The third kappa shape index (κ3) is 2.51. The Bertz CT molecular complexity index is 222. The molecule has 1 saturated carbocycles. The Hall–Kier alpha value is -0.920. The SMILES string of the molecule is c1cc(NCC2CCCCC2)c[nH]1. The molecular formula is C11H18N2. The molecule has 0 spiro atoms. The van der Waals surface area contributed by atoms with E-state index in [-0.39, 0.29) is 0 Å². The third-order valence-electron chi connectivity index (χ3n) is 2.92. The molecule has 0 unspecified atom stereocenters. The van der Waals surface area contributed by atoms with Crippen LogP contribution in [-0.2, 0) is 0 Å². The predicted molar refractivity (Wildman–Crippen MR) is 55.9 cm³/mol. The number of aromatic nitrogens is 1. The molecule has 0 aliphatic heterocycles. The Labute approximate surface area is 79.7 Å². The van der Waals surface area contributed by atoms with Crippen molar-refractivity contribution in [3.8, 4) is 0 Å². The van der Waals surface area contributed by atoms with Gasteiger partial charge in [0.1, 0.15) is 0 Å². The number of H-pyrrole nitrogens is 1. The first-order valence-corrected chi connectivity index (χ1v) is 5.32. The molecule has 1 heterocycles. The minimum absolute atomic E-state index is 0.906. The van der Waals surface area contributed by atoms with Gasteiger partial charge in [0.25, 0.3) is 0 Å². The summed E-state index contributed by atoms with van der Waals surface area (Å²) in [5.41, 5.74) is 1.23.